The largest absolute Gasteiger partial charge is 0.384 e. The molecule has 4 rings (SSSR count). The minimum Gasteiger partial charge on any atom is -0.384 e. The molecule has 6 heteroatoms. The number of aromatic nitrogens is 2. The van der Waals surface area contributed by atoms with E-state index in [1.807, 2.05) is 6.07 Å². The fourth-order valence-electron chi connectivity index (χ4n) is 3.69. The van der Waals surface area contributed by atoms with Crippen molar-refractivity contribution < 1.29 is 14.3 Å². The van der Waals surface area contributed by atoms with Gasteiger partial charge in [0.15, 0.2) is 5.78 Å². The first-order valence-electron chi connectivity index (χ1n) is 10.1. The lowest BCUT2D eigenvalue weighted by Gasteiger charge is -2.17. The molecule has 0 amide bonds. The van der Waals surface area contributed by atoms with Crippen LogP contribution in [0.3, 0.4) is 0 Å². The average molecular weight is 425 g/mol. The number of carbonyl (C=O) groups excluding carboxylic acids is 1. The molecule has 0 aliphatic carbocycles. The summed E-state index contributed by atoms with van der Waals surface area (Å²) in [4.78, 5) is 13.3. The van der Waals surface area contributed by atoms with E-state index in [0.717, 1.165) is 0 Å². The number of aliphatic hydroxyl groups is 1. The number of ketones is 1. The number of benzene rings is 3. The summed E-state index contributed by atoms with van der Waals surface area (Å²) in [7, 11) is 0. The Balaban J connectivity index is 1.71. The molecule has 0 saturated carbocycles. The van der Waals surface area contributed by atoms with Gasteiger partial charge in [0.1, 0.15) is 17.6 Å². The van der Waals surface area contributed by atoms with Gasteiger partial charge in [0.25, 0.3) is 0 Å². The van der Waals surface area contributed by atoms with Crippen LogP contribution in [0.2, 0.25) is 0 Å². The monoisotopic (exact) mass is 425 g/mol. The van der Waals surface area contributed by atoms with E-state index in [2.05, 4.69) is 11.2 Å². The quantitative estimate of drug-likeness (QED) is 0.454. The van der Waals surface area contributed by atoms with Crippen LogP contribution in [0, 0.1) is 24.1 Å². The predicted octanol–water partition coefficient (Wildman–Crippen LogP) is 4.70. The first kappa shape index (κ1) is 21.2. The molecule has 0 fully saturated rings. The summed E-state index contributed by atoms with van der Waals surface area (Å²) in [5.41, 5.74) is 3.01. The Kier molecular flexibility index (Phi) is 5.93. The van der Waals surface area contributed by atoms with Crippen molar-refractivity contribution in [2.24, 2.45) is 0 Å². The molecule has 0 spiro atoms. The number of hydrogen-bond acceptors (Lipinski definition) is 4. The zero-order valence-electron chi connectivity index (χ0n) is 17.4. The second kappa shape index (κ2) is 8.96. The smallest absolute Gasteiger partial charge is 0.185 e. The van der Waals surface area contributed by atoms with Crippen molar-refractivity contribution in [3.8, 4) is 11.8 Å². The number of hydrogen-bond donors (Lipinski definition) is 1. The van der Waals surface area contributed by atoms with Gasteiger partial charge in [-0.2, -0.15) is 10.4 Å². The molecule has 32 heavy (non-hydrogen) atoms. The summed E-state index contributed by atoms with van der Waals surface area (Å²) < 4.78 is 16.3. The number of halogens is 1. The first-order chi connectivity index (χ1) is 15.5. The zero-order chi connectivity index (χ0) is 22.7. The lowest BCUT2D eigenvalue weighted by atomic mass is 9.93. The number of rotatable bonds is 6. The summed E-state index contributed by atoms with van der Waals surface area (Å²) in [5, 5.41) is 24.4. The highest BCUT2D eigenvalue weighted by Crippen LogP contribution is 2.28. The zero-order valence-corrected chi connectivity index (χ0v) is 17.4. The van der Waals surface area contributed by atoms with Crippen molar-refractivity contribution in [2.75, 3.05) is 0 Å². The minimum absolute atomic E-state index is 0.144. The Morgan fingerprint density at radius 1 is 1.09 bits per heavy atom. The van der Waals surface area contributed by atoms with Gasteiger partial charge in [-0.05, 0) is 48.4 Å². The van der Waals surface area contributed by atoms with E-state index in [1.54, 1.807) is 67.6 Å². The van der Waals surface area contributed by atoms with Gasteiger partial charge in [-0.25, -0.2) is 9.07 Å². The topological polar surface area (TPSA) is 78.9 Å². The molecule has 0 saturated heterocycles. The molecule has 1 atom stereocenters. The van der Waals surface area contributed by atoms with Crippen LogP contribution in [0.1, 0.15) is 44.5 Å². The van der Waals surface area contributed by atoms with Crippen molar-refractivity contribution in [3.05, 3.63) is 118 Å². The normalized spacial score (nSPS) is 11.7. The highest BCUT2D eigenvalue weighted by Gasteiger charge is 2.22. The standard InChI is InChI=1S/C26H20FN3O2/c1-17-13-24(30(29-17)20-10-5-7-18(14-20)16-28)25(31)15-22-21(11-6-12-23(22)27)26(32)19-8-3-2-4-9-19/h2-14,26,32H,15H2,1H3. The minimum atomic E-state index is -1.06. The Bertz CT molecular complexity index is 1320. The second-order valence-electron chi connectivity index (χ2n) is 7.47. The predicted molar refractivity (Wildman–Crippen MR) is 118 cm³/mol. The molecule has 0 bridgehead atoms. The highest BCUT2D eigenvalue weighted by molar-refractivity contribution is 5.97. The third kappa shape index (κ3) is 4.20. The summed E-state index contributed by atoms with van der Waals surface area (Å²) in [6.07, 6.45) is -1.30. The fraction of sp³-hybridized carbons (Fsp3) is 0.115. The van der Waals surface area contributed by atoms with Gasteiger partial charge in [-0.15, -0.1) is 0 Å². The summed E-state index contributed by atoms with van der Waals surface area (Å²) in [6, 6.07) is 23.8. The van der Waals surface area contributed by atoms with Crippen LogP contribution >= 0.6 is 0 Å². The van der Waals surface area contributed by atoms with E-state index in [9.17, 15) is 19.6 Å². The van der Waals surface area contributed by atoms with E-state index in [0.29, 0.717) is 28.1 Å². The second-order valence-corrected chi connectivity index (χ2v) is 7.47. The van der Waals surface area contributed by atoms with E-state index in [4.69, 9.17) is 0 Å². The van der Waals surface area contributed by atoms with Crippen LogP contribution in [-0.2, 0) is 6.42 Å². The summed E-state index contributed by atoms with van der Waals surface area (Å²) >= 11 is 0. The van der Waals surface area contributed by atoms with Crippen LogP contribution in [0.4, 0.5) is 4.39 Å². The van der Waals surface area contributed by atoms with Gasteiger partial charge in [0.05, 0.1) is 23.0 Å². The molecule has 0 radical (unpaired) electrons. The average Bonchev–Trinajstić information content (AvgIpc) is 3.22. The number of nitrogens with zero attached hydrogens (tertiary/aromatic N) is 3. The van der Waals surface area contributed by atoms with Gasteiger partial charge in [0.2, 0.25) is 0 Å². The van der Waals surface area contributed by atoms with Crippen molar-refractivity contribution in [1.82, 2.24) is 9.78 Å². The molecule has 4 aromatic rings. The third-order valence-electron chi connectivity index (χ3n) is 5.24. The van der Waals surface area contributed by atoms with Gasteiger partial charge in [0, 0.05) is 12.0 Å². The SMILES string of the molecule is Cc1cc(C(=O)Cc2c(F)cccc2C(O)c2ccccc2)n(-c2cccc(C#N)c2)n1. The van der Waals surface area contributed by atoms with Crippen LogP contribution in [0.25, 0.3) is 5.69 Å². The molecule has 1 unspecified atom stereocenters. The number of aliphatic hydroxyl groups excluding tert-OH is 1. The van der Waals surface area contributed by atoms with Gasteiger partial charge >= 0.3 is 0 Å². The third-order valence-corrected chi connectivity index (χ3v) is 5.24. The van der Waals surface area contributed by atoms with E-state index < -0.39 is 11.9 Å². The Morgan fingerprint density at radius 2 is 1.84 bits per heavy atom. The van der Waals surface area contributed by atoms with Crippen molar-refractivity contribution in [1.29, 1.82) is 5.26 Å². The Labute approximate surface area is 185 Å². The molecular formula is C26H20FN3O2. The van der Waals surface area contributed by atoms with E-state index in [-0.39, 0.29) is 23.5 Å². The number of carbonyl (C=O) groups is 1. The molecule has 3 aromatic carbocycles. The van der Waals surface area contributed by atoms with Crippen molar-refractivity contribution in [3.63, 3.8) is 0 Å². The molecule has 1 heterocycles. The Hall–Kier alpha value is -4.08. The number of aryl methyl sites for hydroxylation is 1. The highest BCUT2D eigenvalue weighted by atomic mass is 19.1. The maximum absolute atomic E-state index is 14.8. The van der Waals surface area contributed by atoms with Crippen LogP contribution < -0.4 is 0 Å². The first-order valence-corrected chi connectivity index (χ1v) is 10.1. The molecule has 1 aromatic heterocycles. The molecule has 0 aliphatic rings. The lowest BCUT2D eigenvalue weighted by Crippen LogP contribution is -2.15. The fourth-order valence-corrected chi connectivity index (χ4v) is 3.69. The maximum atomic E-state index is 14.8. The molecule has 5 nitrogen and oxygen atoms in total. The Morgan fingerprint density at radius 3 is 2.59 bits per heavy atom. The van der Waals surface area contributed by atoms with Crippen molar-refractivity contribution in [2.45, 2.75) is 19.4 Å². The summed E-state index contributed by atoms with van der Waals surface area (Å²) in [6.45, 7) is 1.76. The molecule has 158 valence electrons. The number of nitriles is 1. The molecule has 0 aliphatic heterocycles. The van der Waals surface area contributed by atoms with Crippen molar-refractivity contribution >= 4 is 5.78 Å². The summed E-state index contributed by atoms with van der Waals surface area (Å²) in [5.74, 6) is -0.903. The number of Topliss-reactive ketones (excluding diaryl/α,β-unsaturated/α-hetero) is 1. The van der Waals surface area contributed by atoms with E-state index >= 15 is 0 Å². The van der Waals surface area contributed by atoms with Gasteiger partial charge in [-0.3, -0.25) is 4.79 Å². The van der Waals surface area contributed by atoms with Crippen LogP contribution in [-0.4, -0.2) is 20.7 Å². The van der Waals surface area contributed by atoms with E-state index in [1.165, 1.54) is 16.8 Å². The van der Waals surface area contributed by atoms with Crippen LogP contribution in [0.5, 0.6) is 0 Å². The maximum Gasteiger partial charge on any atom is 0.185 e. The molecular weight excluding hydrogens is 405 g/mol. The molecule has 1 N–H and O–H groups in total. The van der Waals surface area contributed by atoms with Crippen LogP contribution in [0.15, 0.2) is 78.9 Å². The lowest BCUT2D eigenvalue weighted by molar-refractivity contribution is 0.0983. The van der Waals surface area contributed by atoms with Gasteiger partial charge in [-0.1, -0.05) is 48.5 Å². The van der Waals surface area contributed by atoms with Gasteiger partial charge < -0.3 is 5.11 Å².